The minimum atomic E-state index is -4.67. The predicted molar refractivity (Wildman–Crippen MR) is 67.3 cm³/mol. The SMILES string of the molecule is CCCN1CCOC(c2noc(C(C)(N)C(F)(F)F)n2)C1. The summed E-state index contributed by atoms with van der Waals surface area (Å²) in [6, 6.07) is 0. The summed E-state index contributed by atoms with van der Waals surface area (Å²) in [5.41, 5.74) is 2.59. The van der Waals surface area contributed by atoms with Crippen LogP contribution in [-0.4, -0.2) is 47.5 Å². The van der Waals surface area contributed by atoms with Crippen molar-refractivity contribution < 1.29 is 22.4 Å². The van der Waals surface area contributed by atoms with Crippen molar-refractivity contribution in [2.24, 2.45) is 5.73 Å². The van der Waals surface area contributed by atoms with Gasteiger partial charge in [-0.15, -0.1) is 0 Å². The molecule has 2 rings (SSSR count). The van der Waals surface area contributed by atoms with Crippen LogP contribution in [0.5, 0.6) is 0 Å². The van der Waals surface area contributed by atoms with Gasteiger partial charge in [-0.05, 0) is 19.9 Å². The Bertz CT molecular complexity index is 473. The summed E-state index contributed by atoms with van der Waals surface area (Å²) >= 11 is 0. The van der Waals surface area contributed by atoms with Crippen molar-refractivity contribution in [2.45, 2.75) is 38.1 Å². The maximum Gasteiger partial charge on any atom is 0.415 e. The van der Waals surface area contributed by atoms with E-state index in [-0.39, 0.29) is 5.82 Å². The molecule has 2 atom stereocenters. The number of hydrogen-bond acceptors (Lipinski definition) is 6. The average molecular weight is 308 g/mol. The molecule has 0 aliphatic carbocycles. The van der Waals surface area contributed by atoms with Gasteiger partial charge in [0.1, 0.15) is 6.10 Å². The zero-order valence-corrected chi connectivity index (χ0v) is 12.0. The first-order valence-electron chi connectivity index (χ1n) is 6.79. The van der Waals surface area contributed by atoms with Crippen LogP contribution in [0.3, 0.4) is 0 Å². The Morgan fingerprint density at radius 3 is 2.76 bits per heavy atom. The molecule has 1 fully saturated rings. The maximum absolute atomic E-state index is 12.8. The number of morpholine rings is 1. The summed E-state index contributed by atoms with van der Waals surface area (Å²) in [5, 5.41) is 3.60. The standard InChI is InChI=1S/C12H19F3N4O2/c1-3-4-19-5-6-20-8(7-19)9-17-10(21-18-9)11(2,16)12(13,14)15/h8H,3-7,16H2,1-2H3. The van der Waals surface area contributed by atoms with Crippen molar-refractivity contribution in [1.29, 1.82) is 0 Å². The highest BCUT2D eigenvalue weighted by atomic mass is 19.4. The largest absolute Gasteiger partial charge is 0.415 e. The second-order valence-corrected chi connectivity index (χ2v) is 5.32. The van der Waals surface area contributed by atoms with Crippen LogP contribution in [0.15, 0.2) is 4.52 Å². The van der Waals surface area contributed by atoms with E-state index < -0.39 is 23.7 Å². The summed E-state index contributed by atoms with van der Waals surface area (Å²) in [4.78, 5) is 5.94. The Kier molecular flexibility index (Phi) is 4.54. The molecule has 6 nitrogen and oxygen atoms in total. The Balaban J connectivity index is 2.13. The van der Waals surface area contributed by atoms with Gasteiger partial charge in [0, 0.05) is 13.1 Å². The highest BCUT2D eigenvalue weighted by Gasteiger charge is 2.53. The van der Waals surface area contributed by atoms with Crippen LogP contribution < -0.4 is 5.73 Å². The number of nitrogens with two attached hydrogens (primary N) is 1. The van der Waals surface area contributed by atoms with Crippen LogP contribution in [0.4, 0.5) is 13.2 Å². The quantitative estimate of drug-likeness (QED) is 0.910. The molecule has 0 saturated carbocycles. The van der Waals surface area contributed by atoms with Crippen molar-refractivity contribution in [3.8, 4) is 0 Å². The normalized spacial score (nSPS) is 24.0. The third kappa shape index (κ3) is 3.35. The molecular formula is C12H19F3N4O2. The summed E-state index contributed by atoms with van der Waals surface area (Å²) in [7, 11) is 0. The van der Waals surface area contributed by atoms with Gasteiger partial charge in [-0.1, -0.05) is 12.1 Å². The van der Waals surface area contributed by atoms with Crippen LogP contribution in [0.25, 0.3) is 0 Å². The van der Waals surface area contributed by atoms with E-state index in [2.05, 4.69) is 22.0 Å². The molecule has 0 bridgehead atoms. The van der Waals surface area contributed by atoms with E-state index in [1.165, 1.54) is 0 Å². The van der Waals surface area contributed by atoms with Gasteiger partial charge in [0.05, 0.1) is 6.61 Å². The second-order valence-electron chi connectivity index (χ2n) is 5.32. The van der Waals surface area contributed by atoms with Gasteiger partial charge in [-0.2, -0.15) is 18.2 Å². The molecule has 1 aliphatic rings. The smallest absolute Gasteiger partial charge is 0.367 e. The maximum atomic E-state index is 12.8. The van der Waals surface area contributed by atoms with Gasteiger partial charge < -0.3 is 15.0 Å². The molecule has 0 amide bonds. The topological polar surface area (TPSA) is 77.4 Å². The number of alkyl halides is 3. The highest BCUT2D eigenvalue weighted by Crippen LogP contribution is 2.36. The molecule has 1 aliphatic heterocycles. The molecule has 9 heteroatoms. The van der Waals surface area contributed by atoms with E-state index >= 15 is 0 Å². The van der Waals surface area contributed by atoms with Gasteiger partial charge >= 0.3 is 6.18 Å². The molecule has 0 radical (unpaired) electrons. The molecular weight excluding hydrogens is 289 g/mol. The average Bonchev–Trinajstić information content (AvgIpc) is 2.88. The lowest BCUT2D eigenvalue weighted by Gasteiger charge is -2.31. The van der Waals surface area contributed by atoms with Gasteiger partial charge in [-0.25, -0.2) is 0 Å². The number of nitrogens with zero attached hydrogens (tertiary/aromatic N) is 3. The first kappa shape index (κ1) is 16.2. The Morgan fingerprint density at radius 1 is 1.43 bits per heavy atom. The molecule has 1 aromatic rings. The van der Waals surface area contributed by atoms with E-state index in [4.69, 9.17) is 15.0 Å². The summed E-state index contributed by atoms with van der Waals surface area (Å²) in [5.74, 6) is -0.548. The fraction of sp³-hybridized carbons (Fsp3) is 0.833. The fourth-order valence-corrected chi connectivity index (χ4v) is 2.08. The Labute approximate surface area is 120 Å². The molecule has 21 heavy (non-hydrogen) atoms. The van der Waals surface area contributed by atoms with Crippen LogP contribution in [0, 0.1) is 0 Å². The zero-order chi connectivity index (χ0) is 15.7. The van der Waals surface area contributed by atoms with Crippen molar-refractivity contribution in [3.05, 3.63) is 11.7 Å². The molecule has 120 valence electrons. The monoisotopic (exact) mass is 308 g/mol. The molecule has 0 aromatic carbocycles. The van der Waals surface area contributed by atoms with E-state index in [9.17, 15) is 13.2 Å². The molecule has 2 N–H and O–H groups in total. The van der Waals surface area contributed by atoms with Crippen LogP contribution in [0.1, 0.15) is 38.1 Å². The molecule has 1 saturated heterocycles. The van der Waals surface area contributed by atoms with Crippen molar-refractivity contribution >= 4 is 0 Å². The third-order valence-electron chi connectivity index (χ3n) is 3.45. The number of aromatic nitrogens is 2. The lowest BCUT2D eigenvalue weighted by molar-refractivity contribution is -0.190. The van der Waals surface area contributed by atoms with Crippen molar-refractivity contribution in [1.82, 2.24) is 15.0 Å². The Hall–Kier alpha value is -1.19. The molecule has 2 unspecified atom stereocenters. The third-order valence-corrected chi connectivity index (χ3v) is 3.45. The summed E-state index contributed by atoms with van der Waals surface area (Å²) < 4.78 is 48.7. The van der Waals surface area contributed by atoms with Crippen molar-refractivity contribution in [3.63, 3.8) is 0 Å². The van der Waals surface area contributed by atoms with Gasteiger partial charge in [0.15, 0.2) is 5.54 Å². The van der Waals surface area contributed by atoms with E-state index in [0.717, 1.165) is 26.4 Å². The summed E-state index contributed by atoms with van der Waals surface area (Å²) in [6.07, 6.45) is -4.18. The lowest BCUT2D eigenvalue weighted by atomic mass is 10.0. The van der Waals surface area contributed by atoms with Crippen molar-refractivity contribution in [2.75, 3.05) is 26.2 Å². The van der Waals surface area contributed by atoms with Crippen LogP contribution in [0.2, 0.25) is 0 Å². The van der Waals surface area contributed by atoms with E-state index in [0.29, 0.717) is 13.2 Å². The van der Waals surface area contributed by atoms with Crippen LogP contribution in [-0.2, 0) is 10.3 Å². The number of hydrogen-bond donors (Lipinski definition) is 1. The lowest BCUT2D eigenvalue weighted by Crippen LogP contribution is -2.48. The number of halogens is 3. The minimum absolute atomic E-state index is 0.103. The van der Waals surface area contributed by atoms with Gasteiger partial charge in [0.2, 0.25) is 5.82 Å². The first-order chi connectivity index (χ1) is 9.75. The van der Waals surface area contributed by atoms with Gasteiger partial charge in [-0.3, -0.25) is 4.90 Å². The van der Waals surface area contributed by atoms with E-state index in [1.807, 2.05) is 0 Å². The second kappa shape index (κ2) is 5.90. The number of rotatable bonds is 4. The van der Waals surface area contributed by atoms with Crippen LogP contribution >= 0.6 is 0 Å². The molecule has 0 spiro atoms. The minimum Gasteiger partial charge on any atom is -0.367 e. The van der Waals surface area contributed by atoms with E-state index in [1.54, 1.807) is 0 Å². The first-order valence-corrected chi connectivity index (χ1v) is 6.79. The zero-order valence-electron chi connectivity index (χ0n) is 12.0. The fourth-order valence-electron chi connectivity index (χ4n) is 2.08. The Morgan fingerprint density at radius 2 is 2.14 bits per heavy atom. The highest BCUT2D eigenvalue weighted by molar-refractivity contribution is 5.06. The molecule has 1 aromatic heterocycles. The number of ether oxygens (including phenoxy) is 1. The summed E-state index contributed by atoms with van der Waals surface area (Å²) in [6.45, 7) is 5.54. The molecule has 2 heterocycles. The van der Waals surface area contributed by atoms with Gasteiger partial charge in [0.25, 0.3) is 5.89 Å². The predicted octanol–water partition coefficient (Wildman–Crippen LogP) is 1.59.